The van der Waals surface area contributed by atoms with Crippen LogP contribution in [0.2, 0.25) is 0 Å². The van der Waals surface area contributed by atoms with Crippen molar-refractivity contribution in [3.05, 3.63) is 35.9 Å². The van der Waals surface area contributed by atoms with Crippen LogP contribution in [0.3, 0.4) is 0 Å². The standard InChI is InChI=1S/C14H19NO3/c1-14(2,3)18-13(16)9-12(15)10-5-7-11(17-4)8-6-10/h5-9H,15H2,1-4H3/b12-9-. The molecule has 0 bridgehead atoms. The first kappa shape index (κ1) is 14.1. The zero-order valence-corrected chi connectivity index (χ0v) is 11.2. The summed E-state index contributed by atoms with van der Waals surface area (Å²) in [6.07, 6.45) is 1.28. The molecule has 0 aromatic heterocycles. The van der Waals surface area contributed by atoms with Crippen molar-refractivity contribution in [3.8, 4) is 5.75 Å². The summed E-state index contributed by atoms with van der Waals surface area (Å²) in [6, 6.07) is 7.14. The molecular formula is C14H19NO3. The zero-order chi connectivity index (χ0) is 13.8. The average molecular weight is 249 g/mol. The molecule has 0 radical (unpaired) electrons. The van der Waals surface area contributed by atoms with Crippen molar-refractivity contribution >= 4 is 11.7 Å². The van der Waals surface area contributed by atoms with Crippen molar-refractivity contribution in [2.45, 2.75) is 26.4 Å². The smallest absolute Gasteiger partial charge is 0.333 e. The molecule has 0 aliphatic carbocycles. The SMILES string of the molecule is COc1ccc(/C(N)=C/C(=O)OC(C)(C)C)cc1. The van der Waals surface area contributed by atoms with E-state index in [9.17, 15) is 4.79 Å². The number of nitrogens with two attached hydrogens (primary N) is 1. The van der Waals surface area contributed by atoms with Crippen LogP contribution in [0.4, 0.5) is 0 Å². The van der Waals surface area contributed by atoms with Crippen LogP contribution in [0.25, 0.3) is 5.70 Å². The molecule has 0 unspecified atom stereocenters. The van der Waals surface area contributed by atoms with E-state index < -0.39 is 11.6 Å². The van der Waals surface area contributed by atoms with E-state index >= 15 is 0 Å². The van der Waals surface area contributed by atoms with Gasteiger partial charge in [-0.3, -0.25) is 0 Å². The van der Waals surface area contributed by atoms with E-state index in [-0.39, 0.29) is 0 Å². The van der Waals surface area contributed by atoms with Gasteiger partial charge in [0.1, 0.15) is 11.4 Å². The van der Waals surface area contributed by atoms with E-state index in [2.05, 4.69) is 0 Å². The van der Waals surface area contributed by atoms with Gasteiger partial charge in [0.05, 0.1) is 7.11 Å². The van der Waals surface area contributed by atoms with E-state index in [0.717, 1.165) is 11.3 Å². The summed E-state index contributed by atoms with van der Waals surface area (Å²) in [4.78, 5) is 11.6. The summed E-state index contributed by atoms with van der Waals surface area (Å²) in [5.41, 5.74) is 6.42. The molecule has 0 aliphatic heterocycles. The Balaban J connectivity index is 2.79. The van der Waals surface area contributed by atoms with E-state index in [1.54, 1.807) is 31.4 Å². The summed E-state index contributed by atoms with van der Waals surface area (Å²) in [6.45, 7) is 5.42. The molecule has 1 aromatic rings. The Labute approximate surface area is 107 Å². The lowest BCUT2D eigenvalue weighted by Crippen LogP contribution is -2.23. The van der Waals surface area contributed by atoms with Crippen molar-refractivity contribution in [1.29, 1.82) is 0 Å². The van der Waals surface area contributed by atoms with Gasteiger partial charge in [0.15, 0.2) is 0 Å². The Morgan fingerprint density at radius 1 is 1.22 bits per heavy atom. The van der Waals surface area contributed by atoms with Crippen LogP contribution in [-0.2, 0) is 9.53 Å². The molecule has 0 saturated heterocycles. The predicted molar refractivity (Wildman–Crippen MR) is 71.0 cm³/mol. The predicted octanol–water partition coefficient (Wildman–Crippen LogP) is 2.34. The molecule has 0 fully saturated rings. The molecule has 98 valence electrons. The van der Waals surface area contributed by atoms with Crippen LogP contribution < -0.4 is 10.5 Å². The third-order valence-electron chi connectivity index (χ3n) is 2.10. The van der Waals surface area contributed by atoms with E-state index in [0.29, 0.717) is 5.70 Å². The second-order valence-electron chi connectivity index (χ2n) is 4.86. The highest BCUT2D eigenvalue weighted by atomic mass is 16.6. The topological polar surface area (TPSA) is 61.5 Å². The van der Waals surface area contributed by atoms with Crippen molar-refractivity contribution in [2.75, 3.05) is 7.11 Å². The molecule has 2 N–H and O–H groups in total. The van der Waals surface area contributed by atoms with Crippen molar-refractivity contribution in [2.24, 2.45) is 5.73 Å². The van der Waals surface area contributed by atoms with Crippen LogP contribution in [0, 0.1) is 0 Å². The van der Waals surface area contributed by atoms with Gasteiger partial charge in [-0.1, -0.05) is 0 Å². The van der Waals surface area contributed by atoms with Gasteiger partial charge >= 0.3 is 5.97 Å². The number of benzene rings is 1. The number of methoxy groups -OCH3 is 1. The fourth-order valence-corrected chi connectivity index (χ4v) is 1.33. The molecule has 4 nitrogen and oxygen atoms in total. The molecule has 0 amide bonds. The van der Waals surface area contributed by atoms with E-state index in [1.807, 2.05) is 20.8 Å². The Kier molecular flexibility index (Phi) is 4.37. The highest BCUT2D eigenvalue weighted by Gasteiger charge is 2.14. The van der Waals surface area contributed by atoms with Gasteiger partial charge in [-0.15, -0.1) is 0 Å². The second-order valence-corrected chi connectivity index (χ2v) is 4.86. The minimum atomic E-state index is -0.520. The molecule has 0 atom stereocenters. The van der Waals surface area contributed by atoms with Crippen molar-refractivity contribution in [3.63, 3.8) is 0 Å². The Morgan fingerprint density at radius 2 is 1.78 bits per heavy atom. The Morgan fingerprint density at radius 3 is 2.22 bits per heavy atom. The first-order chi connectivity index (χ1) is 8.31. The Hall–Kier alpha value is -1.97. The van der Waals surface area contributed by atoms with Crippen LogP contribution in [0.1, 0.15) is 26.3 Å². The van der Waals surface area contributed by atoms with Gasteiger partial charge in [0.2, 0.25) is 0 Å². The number of esters is 1. The van der Waals surface area contributed by atoms with Gasteiger partial charge in [-0.25, -0.2) is 4.79 Å². The summed E-state index contributed by atoms with van der Waals surface area (Å²) < 4.78 is 10.2. The lowest BCUT2D eigenvalue weighted by Gasteiger charge is -2.18. The molecule has 18 heavy (non-hydrogen) atoms. The van der Waals surface area contributed by atoms with Crippen molar-refractivity contribution < 1.29 is 14.3 Å². The largest absolute Gasteiger partial charge is 0.497 e. The number of ether oxygens (including phenoxy) is 2. The van der Waals surface area contributed by atoms with Crippen LogP contribution in [-0.4, -0.2) is 18.7 Å². The second kappa shape index (κ2) is 5.58. The monoisotopic (exact) mass is 249 g/mol. The Bertz CT molecular complexity index is 441. The number of rotatable bonds is 3. The minimum absolute atomic E-state index is 0.368. The van der Waals surface area contributed by atoms with Gasteiger partial charge < -0.3 is 15.2 Å². The average Bonchev–Trinajstić information content (AvgIpc) is 2.26. The first-order valence-electron chi connectivity index (χ1n) is 5.66. The number of carbonyl (C=O) groups excluding carboxylic acids is 1. The van der Waals surface area contributed by atoms with Gasteiger partial charge in [-0.05, 0) is 50.6 Å². The highest BCUT2D eigenvalue weighted by molar-refractivity contribution is 5.90. The maximum Gasteiger partial charge on any atom is 0.333 e. The number of hydrogen-bond acceptors (Lipinski definition) is 4. The van der Waals surface area contributed by atoms with E-state index in [1.165, 1.54) is 6.08 Å². The number of carbonyl (C=O) groups is 1. The van der Waals surface area contributed by atoms with Crippen molar-refractivity contribution in [1.82, 2.24) is 0 Å². The summed E-state index contributed by atoms with van der Waals surface area (Å²) in [5, 5.41) is 0. The fourth-order valence-electron chi connectivity index (χ4n) is 1.33. The zero-order valence-electron chi connectivity index (χ0n) is 11.2. The molecule has 1 aromatic carbocycles. The quantitative estimate of drug-likeness (QED) is 0.659. The molecule has 0 spiro atoms. The van der Waals surface area contributed by atoms with Crippen LogP contribution >= 0.6 is 0 Å². The first-order valence-corrected chi connectivity index (χ1v) is 5.66. The maximum absolute atomic E-state index is 11.6. The minimum Gasteiger partial charge on any atom is -0.497 e. The van der Waals surface area contributed by atoms with Crippen LogP contribution in [0.15, 0.2) is 30.3 Å². The summed E-state index contributed by atoms with van der Waals surface area (Å²) >= 11 is 0. The maximum atomic E-state index is 11.6. The van der Waals surface area contributed by atoms with Gasteiger partial charge in [0.25, 0.3) is 0 Å². The normalized spacial score (nSPS) is 12.1. The van der Waals surface area contributed by atoms with Crippen LogP contribution in [0.5, 0.6) is 5.75 Å². The molecule has 0 aliphatic rings. The molecule has 0 saturated carbocycles. The summed E-state index contributed by atoms with van der Waals surface area (Å²) in [5.74, 6) is 0.291. The lowest BCUT2D eigenvalue weighted by atomic mass is 10.1. The highest BCUT2D eigenvalue weighted by Crippen LogP contribution is 2.16. The third kappa shape index (κ3) is 4.49. The van der Waals surface area contributed by atoms with Gasteiger partial charge in [-0.2, -0.15) is 0 Å². The lowest BCUT2D eigenvalue weighted by molar-refractivity contribution is -0.148. The molecular weight excluding hydrogens is 230 g/mol. The van der Waals surface area contributed by atoms with Gasteiger partial charge in [0, 0.05) is 11.8 Å². The van der Waals surface area contributed by atoms with E-state index in [4.69, 9.17) is 15.2 Å². The fraction of sp³-hybridized carbons (Fsp3) is 0.357. The molecule has 1 rings (SSSR count). The molecule has 0 heterocycles. The third-order valence-corrected chi connectivity index (χ3v) is 2.10. The molecule has 4 heteroatoms. The summed E-state index contributed by atoms with van der Waals surface area (Å²) in [7, 11) is 1.59. The number of hydrogen-bond donors (Lipinski definition) is 1.